The maximum absolute atomic E-state index is 11.9. The summed E-state index contributed by atoms with van der Waals surface area (Å²) in [7, 11) is 0. The first kappa shape index (κ1) is 16.2. The first-order valence-corrected chi connectivity index (χ1v) is 5.42. The summed E-state index contributed by atoms with van der Waals surface area (Å²) in [6, 6.07) is 0. The normalized spacial score (nSPS) is 13.5. The summed E-state index contributed by atoms with van der Waals surface area (Å²) in [5.74, 6) is 0.169. The van der Waals surface area contributed by atoms with Crippen LogP contribution in [0.1, 0.15) is 53.9 Å². The monoisotopic (exact) mass is 212 g/mol. The molecule has 0 saturated heterocycles. The molecule has 0 aromatic carbocycles. The van der Waals surface area contributed by atoms with E-state index in [1.54, 1.807) is 0 Å². The predicted octanol–water partition coefficient (Wildman–Crippen LogP) is 5.04. The highest BCUT2D eigenvalue weighted by atomic mass is 19.4. The molecule has 0 aliphatic heterocycles. The van der Waals surface area contributed by atoms with Crippen molar-refractivity contribution in [3.63, 3.8) is 0 Å². The van der Waals surface area contributed by atoms with Crippen LogP contribution < -0.4 is 0 Å². The maximum atomic E-state index is 11.9. The molecule has 1 unspecified atom stereocenters. The van der Waals surface area contributed by atoms with Crippen molar-refractivity contribution in [2.45, 2.75) is 60.1 Å². The van der Waals surface area contributed by atoms with Crippen molar-refractivity contribution in [2.24, 2.45) is 11.8 Å². The third kappa shape index (κ3) is 11.8. The molecule has 0 aliphatic carbocycles. The molecule has 0 radical (unpaired) electrons. The number of hydrogen-bond donors (Lipinski definition) is 0. The minimum Gasteiger partial charge on any atom is -0.171 e. The highest BCUT2D eigenvalue weighted by Gasteiger charge is 2.31. The van der Waals surface area contributed by atoms with Crippen LogP contribution in [0.2, 0.25) is 0 Å². The van der Waals surface area contributed by atoms with Gasteiger partial charge in [0, 0.05) is 6.42 Å². The Morgan fingerprint density at radius 3 is 1.71 bits per heavy atom. The highest BCUT2D eigenvalue weighted by molar-refractivity contribution is 4.64. The molecule has 0 fully saturated rings. The van der Waals surface area contributed by atoms with E-state index in [4.69, 9.17) is 0 Å². The van der Waals surface area contributed by atoms with Crippen LogP contribution in [0.25, 0.3) is 0 Å². The Hall–Kier alpha value is -0.210. The highest BCUT2D eigenvalue weighted by Crippen LogP contribution is 2.30. The lowest BCUT2D eigenvalue weighted by Crippen LogP contribution is -2.16. The first-order chi connectivity index (χ1) is 6.35. The molecule has 0 spiro atoms. The zero-order chi connectivity index (χ0) is 11.8. The lowest BCUT2D eigenvalue weighted by molar-refractivity contribution is -0.145. The largest absolute Gasteiger partial charge is 0.389 e. The molecule has 0 aliphatic rings. The van der Waals surface area contributed by atoms with Crippen LogP contribution in [0.3, 0.4) is 0 Å². The fourth-order valence-corrected chi connectivity index (χ4v) is 1.39. The van der Waals surface area contributed by atoms with Gasteiger partial charge in [0.2, 0.25) is 0 Å². The summed E-state index contributed by atoms with van der Waals surface area (Å²) in [5.41, 5.74) is 0. The van der Waals surface area contributed by atoms with Gasteiger partial charge in [-0.3, -0.25) is 0 Å². The Labute approximate surface area is 85.9 Å². The second-order valence-electron chi connectivity index (χ2n) is 3.72. The van der Waals surface area contributed by atoms with Gasteiger partial charge >= 0.3 is 6.18 Å². The molecule has 0 saturated carbocycles. The van der Waals surface area contributed by atoms with E-state index in [1.807, 2.05) is 34.6 Å². The first-order valence-electron chi connectivity index (χ1n) is 5.42. The molecular formula is C11H23F3. The summed E-state index contributed by atoms with van der Waals surface area (Å²) < 4.78 is 35.8. The van der Waals surface area contributed by atoms with Gasteiger partial charge in [-0.2, -0.15) is 13.2 Å². The Morgan fingerprint density at radius 2 is 1.50 bits per heavy atom. The standard InChI is InChI=1S/C9H17F3.C2H6/c1-4-8(5-7(2)3)6-9(10,11)12;1-2/h7-8H,4-6H2,1-3H3;1-2H3. The van der Waals surface area contributed by atoms with Gasteiger partial charge in [-0.25, -0.2) is 0 Å². The molecule has 0 nitrogen and oxygen atoms in total. The quantitative estimate of drug-likeness (QED) is 0.612. The number of hydrogen-bond acceptors (Lipinski definition) is 0. The summed E-state index contributed by atoms with van der Waals surface area (Å²) in [5, 5.41) is 0. The topological polar surface area (TPSA) is 0 Å². The van der Waals surface area contributed by atoms with Crippen molar-refractivity contribution in [3.8, 4) is 0 Å². The van der Waals surface area contributed by atoms with Crippen molar-refractivity contribution in [1.29, 1.82) is 0 Å². The van der Waals surface area contributed by atoms with Crippen molar-refractivity contribution in [3.05, 3.63) is 0 Å². The minimum atomic E-state index is -3.99. The second kappa shape index (κ2) is 8.13. The van der Waals surface area contributed by atoms with E-state index in [0.29, 0.717) is 18.8 Å². The molecule has 0 aromatic rings. The average Bonchev–Trinajstić information content (AvgIpc) is 2.03. The molecule has 0 amide bonds. The van der Waals surface area contributed by atoms with Crippen molar-refractivity contribution < 1.29 is 13.2 Å². The van der Waals surface area contributed by atoms with Crippen LogP contribution in [0, 0.1) is 11.8 Å². The average molecular weight is 212 g/mol. The zero-order valence-corrected chi connectivity index (χ0v) is 9.91. The van der Waals surface area contributed by atoms with Crippen molar-refractivity contribution in [1.82, 2.24) is 0 Å². The lowest BCUT2D eigenvalue weighted by atomic mass is 9.92. The van der Waals surface area contributed by atoms with E-state index in [2.05, 4.69) is 0 Å². The maximum Gasteiger partial charge on any atom is 0.389 e. The van der Waals surface area contributed by atoms with Crippen LogP contribution in [0.15, 0.2) is 0 Å². The summed E-state index contributed by atoms with van der Waals surface area (Å²) >= 11 is 0. The molecule has 88 valence electrons. The number of alkyl halides is 3. The Bertz CT molecular complexity index is 116. The third-order valence-corrected chi connectivity index (χ3v) is 1.90. The molecule has 1 atom stereocenters. The summed E-state index contributed by atoms with van der Waals surface area (Å²) in [4.78, 5) is 0. The minimum absolute atomic E-state index is 0.190. The SMILES string of the molecule is CC.CCC(CC(C)C)CC(F)(F)F. The molecule has 0 aromatic heterocycles. The van der Waals surface area contributed by atoms with Crippen molar-refractivity contribution in [2.75, 3.05) is 0 Å². The smallest absolute Gasteiger partial charge is 0.171 e. The van der Waals surface area contributed by atoms with Gasteiger partial charge in [0.25, 0.3) is 0 Å². The molecule has 14 heavy (non-hydrogen) atoms. The van der Waals surface area contributed by atoms with Gasteiger partial charge in [0.05, 0.1) is 0 Å². The molecule has 0 bridgehead atoms. The molecule has 3 heteroatoms. The fraction of sp³-hybridized carbons (Fsp3) is 1.00. The van der Waals surface area contributed by atoms with E-state index < -0.39 is 12.6 Å². The van der Waals surface area contributed by atoms with Gasteiger partial charge in [0.1, 0.15) is 0 Å². The van der Waals surface area contributed by atoms with Crippen LogP contribution in [0.4, 0.5) is 13.2 Å². The van der Waals surface area contributed by atoms with Gasteiger partial charge in [-0.1, -0.05) is 41.0 Å². The number of rotatable bonds is 4. The molecule has 0 heterocycles. The Kier molecular flexibility index (Phi) is 9.42. The van der Waals surface area contributed by atoms with Gasteiger partial charge < -0.3 is 0 Å². The lowest BCUT2D eigenvalue weighted by Gasteiger charge is -2.18. The van der Waals surface area contributed by atoms with E-state index >= 15 is 0 Å². The molecule has 0 rings (SSSR count). The van der Waals surface area contributed by atoms with Gasteiger partial charge in [-0.05, 0) is 18.3 Å². The summed E-state index contributed by atoms with van der Waals surface area (Å²) in [6.07, 6.45) is -3.31. The van der Waals surface area contributed by atoms with Crippen LogP contribution >= 0.6 is 0 Å². The second-order valence-corrected chi connectivity index (χ2v) is 3.72. The van der Waals surface area contributed by atoms with Gasteiger partial charge in [0.15, 0.2) is 0 Å². The van der Waals surface area contributed by atoms with Crippen LogP contribution in [0.5, 0.6) is 0 Å². The van der Waals surface area contributed by atoms with E-state index in [9.17, 15) is 13.2 Å². The van der Waals surface area contributed by atoms with E-state index in [1.165, 1.54) is 0 Å². The van der Waals surface area contributed by atoms with Crippen LogP contribution in [-0.2, 0) is 0 Å². The fourth-order valence-electron chi connectivity index (χ4n) is 1.39. The Morgan fingerprint density at radius 1 is 1.07 bits per heavy atom. The number of halogens is 3. The third-order valence-electron chi connectivity index (χ3n) is 1.90. The van der Waals surface area contributed by atoms with Crippen LogP contribution in [-0.4, -0.2) is 6.18 Å². The van der Waals surface area contributed by atoms with Gasteiger partial charge in [-0.15, -0.1) is 0 Å². The van der Waals surface area contributed by atoms with E-state index in [-0.39, 0.29) is 5.92 Å². The molecule has 0 N–H and O–H groups in total. The summed E-state index contributed by atoms with van der Waals surface area (Å²) in [6.45, 7) is 9.73. The predicted molar refractivity (Wildman–Crippen MR) is 55.3 cm³/mol. The van der Waals surface area contributed by atoms with Crippen molar-refractivity contribution >= 4 is 0 Å². The van der Waals surface area contributed by atoms with E-state index in [0.717, 1.165) is 0 Å². The molecular weight excluding hydrogens is 189 g/mol. The zero-order valence-electron chi connectivity index (χ0n) is 9.91. The Balaban J connectivity index is 0.